The number of ether oxygens (including phenoxy) is 1. The molecule has 0 radical (unpaired) electrons. The van der Waals surface area contributed by atoms with Gasteiger partial charge in [0.25, 0.3) is 0 Å². The Morgan fingerprint density at radius 2 is 2.56 bits per heavy atom. The van der Waals surface area contributed by atoms with Crippen LogP contribution in [0.5, 0.6) is 0 Å². The zero-order valence-electron chi connectivity index (χ0n) is 4.70. The highest BCUT2D eigenvalue weighted by Crippen LogP contribution is 2.25. The van der Waals surface area contributed by atoms with Crippen LogP contribution in [0.25, 0.3) is 0 Å². The van der Waals surface area contributed by atoms with E-state index in [1.54, 1.807) is 0 Å². The van der Waals surface area contributed by atoms with Crippen molar-refractivity contribution in [1.29, 1.82) is 0 Å². The van der Waals surface area contributed by atoms with E-state index < -0.39 is 6.23 Å². The molecular formula is C5H7NO3. The van der Waals surface area contributed by atoms with E-state index in [1.165, 1.54) is 0 Å². The smallest absolute Gasteiger partial charge is 0.327 e. The third-order valence-corrected chi connectivity index (χ3v) is 1.72. The minimum Gasteiger partial charge on any atom is -0.459 e. The molecule has 2 aliphatic heterocycles. The van der Waals surface area contributed by atoms with Crippen LogP contribution >= 0.6 is 0 Å². The van der Waals surface area contributed by atoms with Crippen molar-refractivity contribution in [2.45, 2.75) is 24.8 Å². The first kappa shape index (κ1) is 5.20. The van der Waals surface area contributed by atoms with Gasteiger partial charge in [-0.15, -0.1) is 0 Å². The van der Waals surface area contributed by atoms with Crippen LogP contribution in [0.15, 0.2) is 0 Å². The maximum absolute atomic E-state index is 10.5. The summed E-state index contributed by atoms with van der Waals surface area (Å²) in [6.07, 6.45) is -0.0740. The van der Waals surface area contributed by atoms with Crippen molar-refractivity contribution in [3.05, 3.63) is 0 Å². The maximum Gasteiger partial charge on any atom is 0.327 e. The molecule has 9 heavy (non-hydrogen) atoms. The lowest BCUT2D eigenvalue weighted by Gasteiger charge is -2.27. The Morgan fingerprint density at radius 1 is 1.78 bits per heavy atom. The summed E-state index contributed by atoms with van der Waals surface area (Å²) >= 11 is 0. The van der Waals surface area contributed by atoms with Crippen molar-refractivity contribution in [3.63, 3.8) is 0 Å². The van der Waals surface area contributed by atoms with Gasteiger partial charge >= 0.3 is 5.97 Å². The molecule has 4 heteroatoms. The number of hydrogen-bond acceptors (Lipinski definition) is 4. The number of rotatable bonds is 0. The van der Waals surface area contributed by atoms with E-state index in [9.17, 15) is 4.79 Å². The number of fused-ring (bicyclic) bond motifs is 1. The van der Waals surface area contributed by atoms with E-state index in [-0.39, 0.29) is 18.1 Å². The molecule has 2 fully saturated rings. The summed E-state index contributed by atoms with van der Waals surface area (Å²) < 4.78 is 4.67. The monoisotopic (exact) mass is 129 g/mol. The normalized spacial score (nSPS) is 47.7. The van der Waals surface area contributed by atoms with Gasteiger partial charge in [-0.2, -0.15) is 0 Å². The Balaban J connectivity index is 2.08. The van der Waals surface area contributed by atoms with Crippen molar-refractivity contribution in [2.75, 3.05) is 0 Å². The average Bonchev–Trinajstić information content (AvgIpc) is 2.08. The first-order chi connectivity index (χ1) is 4.27. The number of hydrogen-bond donors (Lipinski definition) is 2. The molecule has 2 N–H and O–H groups in total. The summed E-state index contributed by atoms with van der Waals surface area (Å²) in [6.45, 7) is 0. The maximum atomic E-state index is 10.5. The van der Waals surface area contributed by atoms with Crippen LogP contribution in [-0.4, -0.2) is 29.4 Å². The summed E-state index contributed by atoms with van der Waals surface area (Å²) in [4.78, 5) is 10.5. The summed E-state index contributed by atoms with van der Waals surface area (Å²) in [5, 5.41) is 11.6. The third-order valence-electron chi connectivity index (χ3n) is 1.72. The van der Waals surface area contributed by atoms with E-state index in [4.69, 9.17) is 5.11 Å². The number of esters is 1. The van der Waals surface area contributed by atoms with E-state index in [0.717, 1.165) is 0 Å². The lowest BCUT2D eigenvalue weighted by Crippen LogP contribution is -2.52. The summed E-state index contributed by atoms with van der Waals surface area (Å²) in [5.74, 6) is -0.239. The second-order valence-corrected chi connectivity index (χ2v) is 2.37. The number of nitrogens with one attached hydrogen (secondary N) is 1. The molecule has 0 aromatic heterocycles. The van der Waals surface area contributed by atoms with Gasteiger partial charge in [0.2, 0.25) is 0 Å². The third kappa shape index (κ3) is 0.571. The van der Waals surface area contributed by atoms with Crippen LogP contribution in [0.2, 0.25) is 0 Å². The summed E-state index contributed by atoms with van der Waals surface area (Å²) in [5.41, 5.74) is 0. The summed E-state index contributed by atoms with van der Waals surface area (Å²) in [6, 6.07) is -0.222. The number of carbonyl (C=O) groups is 1. The summed E-state index contributed by atoms with van der Waals surface area (Å²) in [7, 11) is 0. The molecule has 0 aliphatic carbocycles. The zero-order chi connectivity index (χ0) is 6.43. The van der Waals surface area contributed by atoms with E-state index in [2.05, 4.69) is 10.1 Å². The lowest BCUT2D eigenvalue weighted by atomic mass is 10.1. The Bertz CT molecular complexity index is 158. The Kier molecular flexibility index (Phi) is 0.841. The fourth-order valence-corrected chi connectivity index (χ4v) is 1.22. The van der Waals surface area contributed by atoms with Crippen molar-refractivity contribution in [1.82, 2.24) is 5.32 Å². The Labute approximate surface area is 51.8 Å². The number of carbonyl (C=O) groups excluding carboxylic acids is 1. The molecule has 50 valence electrons. The van der Waals surface area contributed by atoms with Crippen molar-refractivity contribution in [3.8, 4) is 0 Å². The van der Waals surface area contributed by atoms with Gasteiger partial charge in [0.1, 0.15) is 18.4 Å². The molecule has 3 atom stereocenters. The molecule has 0 aromatic carbocycles. The highest BCUT2D eigenvalue weighted by Gasteiger charge is 2.49. The SMILES string of the molecule is O=C1O[C@H]2CC(O)N[C@@H]12. The van der Waals surface area contributed by atoms with E-state index >= 15 is 0 Å². The van der Waals surface area contributed by atoms with Gasteiger partial charge in [0, 0.05) is 6.42 Å². The van der Waals surface area contributed by atoms with Gasteiger partial charge in [-0.25, -0.2) is 0 Å². The zero-order valence-corrected chi connectivity index (χ0v) is 4.70. The minimum absolute atomic E-state index is 0.0625. The number of aliphatic hydroxyl groups is 1. The molecule has 2 saturated heterocycles. The molecular weight excluding hydrogens is 122 g/mol. The second kappa shape index (κ2) is 1.46. The highest BCUT2D eigenvalue weighted by atomic mass is 16.6. The lowest BCUT2D eigenvalue weighted by molar-refractivity contribution is -0.172. The molecule has 0 amide bonds. The molecule has 2 rings (SSSR count). The fraction of sp³-hybridized carbons (Fsp3) is 0.800. The average molecular weight is 129 g/mol. The molecule has 1 unspecified atom stereocenters. The largest absolute Gasteiger partial charge is 0.459 e. The molecule has 2 heterocycles. The topological polar surface area (TPSA) is 58.6 Å². The van der Waals surface area contributed by atoms with Crippen LogP contribution in [0.4, 0.5) is 0 Å². The standard InChI is InChI=1S/C5H7NO3/c7-3-1-2-4(6-3)5(8)9-2/h2-4,6-7H,1H2/t2-,3?,4+/m0/s1. The second-order valence-electron chi connectivity index (χ2n) is 2.37. The fourth-order valence-electron chi connectivity index (χ4n) is 1.22. The molecule has 0 bridgehead atoms. The first-order valence-electron chi connectivity index (χ1n) is 2.92. The van der Waals surface area contributed by atoms with Gasteiger partial charge in [-0.3, -0.25) is 10.1 Å². The predicted molar refractivity (Wildman–Crippen MR) is 27.4 cm³/mol. The minimum atomic E-state index is -0.550. The van der Waals surface area contributed by atoms with Crippen molar-refractivity contribution >= 4 is 5.97 Å². The van der Waals surface area contributed by atoms with Crippen LogP contribution in [0.3, 0.4) is 0 Å². The highest BCUT2D eigenvalue weighted by molar-refractivity contribution is 5.82. The van der Waals surface area contributed by atoms with Gasteiger partial charge in [0.15, 0.2) is 0 Å². The van der Waals surface area contributed by atoms with Crippen LogP contribution in [-0.2, 0) is 9.53 Å². The first-order valence-corrected chi connectivity index (χ1v) is 2.92. The van der Waals surface area contributed by atoms with Gasteiger partial charge in [-0.05, 0) is 0 Å². The van der Waals surface area contributed by atoms with Crippen LogP contribution in [0, 0.1) is 0 Å². The molecule has 0 saturated carbocycles. The Morgan fingerprint density at radius 3 is 3.00 bits per heavy atom. The van der Waals surface area contributed by atoms with E-state index in [1.807, 2.05) is 0 Å². The molecule has 2 aliphatic rings. The van der Waals surface area contributed by atoms with Crippen molar-refractivity contribution in [2.24, 2.45) is 0 Å². The molecule has 4 nitrogen and oxygen atoms in total. The number of aliphatic hydroxyl groups excluding tert-OH is 1. The molecule has 0 spiro atoms. The van der Waals surface area contributed by atoms with Crippen molar-refractivity contribution < 1.29 is 14.6 Å². The van der Waals surface area contributed by atoms with Crippen LogP contribution in [0.1, 0.15) is 6.42 Å². The molecule has 0 aromatic rings. The quantitative estimate of drug-likeness (QED) is 0.394. The van der Waals surface area contributed by atoms with Crippen LogP contribution < -0.4 is 5.32 Å². The van der Waals surface area contributed by atoms with Gasteiger partial charge in [-0.1, -0.05) is 0 Å². The van der Waals surface area contributed by atoms with Gasteiger partial charge in [0.05, 0.1) is 0 Å². The van der Waals surface area contributed by atoms with Gasteiger partial charge < -0.3 is 9.84 Å². The van der Waals surface area contributed by atoms with E-state index in [0.29, 0.717) is 6.42 Å². The Hall–Kier alpha value is -0.610. The predicted octanol–water partition coefficient (Wildman–Crippen LogP) is -1.41.